The lowest BCUT2D eigenvalue weighted by Gasteiger charge is -2.09. The number of aromatic nitrogens is 1. The van der Waals surface area contributed by atoms with Gasteiger partial charge in [0.05, 0.1) is 4.92 Å². The number of nitrogens with zero attached hydrogens (tertiary/aromatic N) is 2. The Balaban J connectivity index is 2.06. The number of nitro groups is 1. The molecule has 0 aliphatic carbocycles. The summed E-state index contributed by atoms with van der Waals surface area (Å²) < 4.78 is 0. The van der Waals surface area contributed by atoms with Crippen LogP contribution in [0.15, 0.2) is 42.5 Å². The molecular formula is C15H18N4O2. The molecule has 0 aliphatic rings. The van der Waals surface area contributed by atoms with Crippen molar-refractivity contribution in [1.82, 2.24) is 4.98 Å². The first kappa shape index (κ1) is 14.8. The Labute approximate surface area is 123 Å². The Kier molecular flexibility index (Phi) is 5.09. The van der Waals surface area contributed by atoms with Crippen LogP contribution in [-0.2, 0) is 6.42 Å². The van der Waals surface area contributed by atoms with E-state index in [1.165, 1.54) is 11.6 Å². The van der Waals surface area contributed by atoms with Crippen LogP contribution in [0.5, 0.6) is 0 Å². The Morgan fingerprint density at radius 1 is 1.14 bits per heavy atom. The first-order chi connectivity index (χ1) is 10.2. The minimum Gasteiger partial charge on any atom is -0.370 e. The van der Waals surface area contributed by atoms with Crippen LogP contribution in [0.1, 0.15) is 12.5 Å². The minimum atomic E-state index is -0.423. The first-order valence-corrected chi connectivity index (χ1v) is 6.88. The Morgan fingerprint density at radius 2 is 1.90 bits per heavy atom. The van der Waals surface area contributed by atoms with Crippen LogP contribution in [0, 0.1) is 10.1 Å². The van der Waals surface area contributed by atoms with Crippen molar-refractivity contribution in [2.45, 2.75) is 13.3 Å². The third-order valence-electron chi connectivity index (χ3n) is 2.98. The molecule has 1 aromatic heterocycles. The Morgan fingerprint density at radius 3 is 2.57 bits per heavy atom. The molecule has 0 atom stereocenters. The molecule has 110 valence electrons. The highest BCUT2D eigenvalue weighted by molar-refractivity contribution is 5.60. The van der Waals surface area contributed by atoms with E-state index in [2.05, 4.69) is 15.6 Å². The van der Waals surface area contributed by atoms with E-state index in [0.29, 0.717) is 24.7 Å². The SMILES string of the molecule is CCNc1ccc([N+](=O)[O-])c(NCCc2ccccc2)n1. The molecule has 0 aliphatic heterocycles. The predicted molar refractivity (Wildman–Crippen MR) is 83.7 cm³/mol. The summed E-state index contributed by atoms with van der Waals surface area (Å²) in [5.74, 6) is 0.930. The maximum absolute atomic E-state index is 11.0. The maximum Gasteiger partial charge on any atom is 0.311 e. The van der Waals surface area contributed by atoms with Gasteiger partial charge in [0.15, 0.2) is 0 Å². The predicted octanol–water partition coefficient (Wildman–Crippen LogP) is 3.08. The molecule has 0 radical (unpaired) electrons. The molecule has 0 amide bonds. The fraction of sp³-hybridized carbons (Fsp3) is 0.267. The van der Waals surface area contributed by atoms with Gasteiger partial charge in [0, 0.05) is 19.2 Å². The molecule has 2 N–H and O–H groups in total. The minimum absolute atomic E-state index is 0.00952. The lowest BCUT2D eigenvalue weighted by molar-refractivity contribution is -0.384. The number of anilines is 2. The van der Waals surface area contributed by atoms with Gasteiger partial charge in [-0.1, -0.05) is 30.3 Å². The number of rotatable bonds is 7. The number of nitrogens with one attached hydrogen (secondary N) is 2. The molecule has 0 bridgehead atoms. The molecule has 1 aromatic carbocycles. The number of pyridine rings is 1. The van der Waals surface area contributed by atoms with Crippen LogP contribution in [0.3, 0.4) is 0 Å². The van der Waals surface area contributed by atoms with Crippen molar-refractivity contribution in [3.8, 4) is 0 Å². The van der Waals surface area contributed by atoms with Crippen molar-refractivity contribution in [3.63, 3.8) is 0 Å². The summed E-state index contributed by atoms with van der Waals surface area (Å²) in [6.07, 6.45) is 0.783. The highest BCUT2D eigenvalue weighted by Gasteiger charge is 2.15. The van der Waals surface area contributed by atoms with E-state index >= 15 is 0 Å². The van der Waals surface area contributed by atoms with E-state index in [4.69, 9.17) is 0 Å². The molecule has 0 spiro atoms. The average Bonchev–Trinajstić information content (AvgIpc) is 2.49. The molecule has 21 heavy (non-hydrogen) atoms. The molecule has 2 aromatic rings. The number of hydrogen-bond acceptors (Lipinski definition) is 5. The van der Waals surface area contributed by atoms with E-state index in [9.17, 15) is 10.1 Å². The molecule has 0 saturated heterocycles. The van der Waals surface area contributed by atoms with E-state index in [0.717, 1.165) is 6.42 Å². The summed E-state index contributed by atoms with van der Waals surface area (Å²) in [6, 6.07) is 13.0. The lowest BCUT2D eigenvalue weighted by Crippen LogP contribution is -2.10. The number of benzene rings is 1. The van der Waals surface area contributed by atoms with Crippen LogP contribution in [0.4, 0.5) is 17.3 Å². The lowest BCUT2D eigenvalue weighted by atomic mass is 10.1. The van der Waals surface area contributed by atoms with Crippen LogP contribution < -0.4 is 10.6 Å². The summed E-state index contributed by atoms with van der Waals surface area (Å²) in [5, 5.41) is 17.1. The van der Waals surface area contributed by atoms with E-state index in [-0.39, 0.29) is 5.69 Å². The van der Waals surface area contributed by atoms with Crippen molar-refractivity contribution in [3.05, 3.63) is 58.1 Å². The van der Waals surface area contributed by atoms with Crippen LogP contribution >= 0.6 is 0 Å². The van der Waals surface area contributed by atoms with Gasteiger partial charge in [0.25, 0.3) is 0 Å². The smallest absolute Gasteiger partial charge is 0.311 e. The Hall–Kier alpha value is -2.63. The second-order valence-electron chi connectivity index (χ2n) is 4.51. The van der Waals surface area contributed by atoms with Gasteiger partial charge in [-0.2, -0.15) is 0 Å². The van der Waals surface area contributed by atoms with Gasteiger partial charge < -0.3 is 10.6 Å². The second-order valence-corrected chi connectivity index (χ2v) is 4.51. The van der Waals surface area contributed by atoms with Gasteiger partial charge in [0.1, 0.15) is 5.82 Å². The average molecular weight is 286 g/mol. The van der Waals surface area contributed by atoms with Gasteiger partial charge in [-0.05, 0) is 25.0 Å². The van der Waals surface area contributed by atoms with Crippen molar-refractivity contribution < 1.29 is 4.92 Å². The molecule has 0 unspecified atom stereocenters. The summed E-state index contributed by atoms with van der Waals surface area (Å²) >= 11 is 0. The monoisotopic (exact) mass is 286 g/mol. The van der Waals surface area contributed by atoms with Gasteiger partial charge >= 0.3 is 5.69 Å². The highest BCUT2D eigenvalue weighted by Crippen LogP contribution is 2.23. The van der Waals surface area contributed by atoms with E-state index in [1.807, 2.05) is 37.3 Å². The van der Waals surface area contributed by atoms with Crippen molar-refractivity contribution in [2.75, 3.05) is 23.7 Å². The van der Waals surface area contributed by atoms with Gasteiger partial charge in [-0.25, -0.2) is 4.98 Å². The molecular weight excluding hydrogens is 268 g/mol. The normalized spacial score (nSPS) is 10.1. The van der Waals surface area contributed by atoms with Crippen molar-refractivity contribution in [1.29, 1.82) is 0 Å². The van der Waals surface area contributed by atoms with Gasteiger partial charge in [-0.15, -0.1) is 0 Å². The quantitative estimate of drug-likeness (QED) is 0.604. The van der Waals surface area contributed by atoms with Gasteiger partial charge in [-0.3, -0.25) is 10.1 Å². The maximum atomic E-state index is 11.0. The van der Waals surface area contributed by atoms with Crippen LogP contribution in [0.25, 0.3) is 0 Å². The fourth-order valence-electron chi connectivity index (χ4n) is 1.98. The largest absolute Gasteiger partial charge is 0.370 e. The molecule has 6 heteroatoms. The molecule has 2 rings (SSSR count). The molecule has 1 heterocycles. The molecule has 0 saturated carbocycles. The third kappa shape index (κ3) is 4.17. The van der Waals surface area contributed by atoms with Crippen molar-refractivity contribution >= 4 is 17.3 Å². The molecule has 6 nitrogen and oxygen atoms in total. The van der Waals surface area contributed by atoms with E-state index in [1.54, 1.807) is 6.07 Å². The fourth-order valence-corrected chi connectivity index (χ4v) is 1.98. The van der Waals surface area contributed by atoms with Gasteiger partial charge in [0.2, 0.25) is 5.82 Å². The van der Waals surface area contributed by atoms with Crippen LogP contribution in [-0.4, -0.2) is 23.0 Å². The standard InChI is InChI=1S/C15H18N4O2/c1-2-16-14-9-8-13(19(20)21)15(18-14)17-11-10-12-6-4-3-5-7-12/h3-9H,2,10-11H2,1H3,(H2,16,17,18). The zero-order valence-corrected chi connectivity index (χ0v) is 11.9. The zero-order valence-electron chi connectivity index (χ0n) is 11.9. The van der Waals surface area contributed by atoms with Crippen molar-refractivity contribution in [2.24, 2.45) is 0 Å². The summed E-state index contributed by atoms with van der Waals surface area (Å²) in [7, 11) is 0. The molecule has 0 fully saturated rings. The van der Waals surface area contributed by atoms with Crippen LogP contribution in [0.2, 0.25) is 0 Å². The zero-order chi connectivity index (χ0) is 15.1. The topological polar surface area (TPSA) is 80.1 Å². The summed E-state index contributed by atoms with van der Waals surface area (Å²) in [6.45, 7) is 3.26. The first-order valence-electron chi connectivity index (χ1n) is 6.88. The second kappa shape index (κ2) is 7.23. The highest BCUT2D eigenvalue weighted by atomic mass is 16.6. The van der Waals surface area contributed by atoms with E-state index < -0.39 is 4.92 Å². The summed E-state index contributed by atoms with van der Waals surface area (Å²) in [5.41, 5.74) is 1.17. The third-order valence-corrected chi connectivity index (χ3v) is 2.98. The number of hydrogen-bond donors (Lipinski definition) is 2. The summed E-state index contributed by atoms with van der Waals surface area (Å²) in [4.78, 5) is 14.9. The Bertz CT molecular complexity index is 602.